The maximum atomic E-state index is 12.1. The van der Waals surface area contributed by atoms with Crippen LogP contribution in [0.25, 0.3) is 10.2 Å². The lowest BCUT2D eigenvalue weighted by Gasteiger charge is -2.31. The SMILES string of the molecule is O=C(CN1CCC[C@@H](c2nc3ccccc3s2)C1)NC(=O)NC1CC1. The molecule has 1 saturated carbocycles. The van der Waals surface area contributed by atoms with Gasteiger partial charge in [0, 0.05) is 18.5 Å². The van der Waals surface area contributed by atoms with Crippen molar-refractivity contribution in [1.82, 2.24) is 20.5 Å². The van der Waals surface area contributed by atoms with Crippen LogP contribution in [-0.4, -0.2) is 47.5 Å². The maximum Gasteiger partial charge on any atom is 0.321 e. The number of hydrogen-bond acceptors (Lipinski definition) is 5. The van der Waals surface area contributed by atoms with E-state index < -0.39 is 0 Å². The molecule has 2 aliphatic rings. The number of nitrogens with zero attached hydrogens (tertiary/aromatic N) is 2. The molecular weight excluding hydrogens is 336 g/mol. The number of likely N-dealkylation sites (tertiary alicyclic amines) is 1. The smallest absolute Gasteiger partial charge is 0.321 e. The zero-order valence-electron chi connectivity index (χ0n) is 14.0. The van der Waals surface area contributed by atoms with Crippen LogP contribution in [0.2, 0.25) is 0 Å². The summed E-state index contributed by atoms with van der Waals surface area (Å²) in [5, 5.41) is 6.36. The molecule has 0 unspecified atom stereocenters. The van der Waals surface area contributed by atoms with Gasteiger partial charge in [0.15, 0.2) is 0 Å². The Hall–Kier alpha value is -1.99. The Bertz CT molecular complexity index is 753. The van der Waals surface area contributed by atoms with Crippen molar-refractivity contribution in [2.75, 3.05) is 19.6 Å². The van der Waals surface area contributed by atoms with Crippen LogP contribution in [0.5, 0.6) is 0 Å². The largest absolute Gasteiger partial charge is 0.335 e. The molecule has 2 fully saturated rings. The molecule has 1 aliphatic heterocycles. The number of piperidine rings is 1. The molecule has 1 aromatic carbocycles. The summed E-state index contributed by atoms with van der Waals surface area (Å²) >= 11 is 1.75. The van der Waals surface area contributed by atoms with Crippen molar-refractivity contribution in [2.45, 2.75) is 37.6 Å². The molecule has 2 aromatic rings. The first-order chi connectivity index (χ1) is 12.2. The van der Waals surface area contributed by atoms with Crippen LogP contribution in [0.3, 0.4) is 0 Å². The lowest BCUT2D eigenvalue weighted by Crippen LogP contribution is -2.46. The van der Waals surface area contributed by atoms with Gasteiger partial charge in [-0.3, -0.25) is 15.0 Å². The summed E-state index contributed by atoms with van der Waals surface area (Å²) in [5.41, 5.74) is 1.05. The molecule has 3 amide bonds. The number of rotatable bonds is 4. The number of thiazole rings is 1. The summed E-state index contributed by atoms with van der Waals surface area (Å²) in [6, 6.07) is 8.08. The van der Waals surface area contributed by atoms with Gasteiger partial charge in [-0.25, -0.2) is 9.78 Å². The molecule has 0 bridgehead atoms. The highest BCUT2D eigenvalue weighted by Crippen LogP contribution is 2.32. The number of carbonyl (C=O) groups excluding carboxylic acids is 2. The summed E-state index contributed by atoms with van der Waals surface area (Å²) in [7, 11) is 0. The zero-order valence-corrected chi connectivity index (χ0v) is 14.8. The molecule has 132 valence electrons. The van der Waals surface area contributed by atoms with E-state index in [2.05, 4.69) is 21.6 Å². The Kier molecular flexibility index (Phi) is 4.67. The maximum absolute atomic E-state index is 12.1. The predicted molar refractivity (Wildman–Crippen MR) is 97.7 cm³/mol. The van der Waals surface area contributed by atoms with Crippen molar-refractivity contribution in [3.63, 3.8) is 0 Å². The van der Waals surface area contributed by atoms with Crippen LogP contribution in [0.1, 0.15) is 36.6 Å². The number of para-hydroxylation sites is 1. The van der Waals surface area contributed by atoms with E-state index in [4.69, 9.17) is 4.98 Å². The van der Waals surface area contributed by atoms with Crippen LogP contribution in [0.15, 0.2) is 24.3 Å². The Morgan fingerprint density at radius 2 is 2.08 bits per heavy atom. The van der Waals surface area contributed by atoms with Gasteiger partial charge in [-0.05, 0) is 44.4 Å². The third-order valence-corrected chi connectivity index (χ3v) is 5.90. The van der Waals surface area contributed by atoms with Crippen LogP contribution < -0.4 is 10.6 Å². The van der Waals surface area contributed by atoms with Crippen molar-refractivity contribution >= 4 is 33.5 Å². The van der Waals surface area contributed by atoms with Gasteiger partial charge in [0.1, 0.15) is 0 Å². The van der Waals surface area contributed by atoms with E-state index in [0.29, 0.717) is 5.92 Å². The summed E-state index contributed by atoms with van der Waals surface area (Å²) in [5.74, 6) is 0.127. The first kappa shape index (κ1) is 16.5. The molecule has 4 rings (SSSR count). The van der Waals surface area contributed by atoms with Crippen molar-refractivity contribution in [1.29, 1.82) is 0 Å². The van der Waals surface area contributed by atoms with E-state index in [1.165, 1.54) is 4.70 Å². The fourth-order valence-electron chi connectivity index (χ4n) is 3.28. The van der Waals surface area contributed by atoms with Gasteiger partial charge in [0.25, 0.3) is 0 Å². The number of amides is 3. The number of urea groups is 1. The van der Waals surface area contributed by atoms with Crippen molar-refractivity contribution in [2.24, 2.45) is 0 Å². The van der Waals surface area contributed by atoms with Crippen LogP contribution in [0.4, 0.5) is 4.79 Å². The molecule has 0 spiro atoms. The van der Waals surface area contributed by atoms with E-state index in [9.17, 15) is 9.59 Å². The fourth-order valence-corrected chi connectivity index (χ4v) is 4.38. The molecule has 1 aromatic heterocycles. The minimum atomic E-state index is -0.368. The summed E-state index contributed by atoms with van der Waals surface area (Å²) in [6.07, 6.45) is 4.16. The molecule has 7 heteroatoms. The number of fused-ring (bicyclic) bond motifs is 1. The van der Waals surface area contributed by atoms with Gasteiger partial charge >= 0.3 is 6.03 Å². The number of benzene rings is 1. The summed E-state index contributed by atoms with van der Waals surface area (Å²) in [4.78, 5) is 30.6. The van der Waals surface area contributed by atoms with Gasteiger partial charge in [-0.2, -0.15) is 0 Å². The molecule has 1 aliphatic carbocycles. The first-order valence-corrected chi connectivity index (χ1v) is 9.67. The Morgan fingerprint density at radius 1 is 1.24 bits per heavy atom. The molecule has 2 heterocycles. The lowest BCUT2D eigenvalue weighted by atomic mass is 9.99. The van der Waals surface area contributed by atoms with Crippen molar-refractivity contribution in [3.8, 4) is 0 Å². The molecule has 0 radical (unpaired) electrons. The zero-order chi connectivity index (χ0) is 17.2. The predicted octanol–water partition coefficient (Wildman–Crippen LogP) is 2.46. The third kappa shape index (κ3) is 4.16. The van der Waals surface area contributed by atoms with Crippen molar-refractivity contribution in [3.05, 3.63) is 29.3 Å². The number of hydrogen-bond donors (Lipinski definition) is 2. The lowest BCUT2D eigenvalue weighted by molar-refractivity contribution is -0.121. The van der Waals surface area contributed by atoms with Crippen LogP contribution >= 0.6 is 11.3 Å². The van der Waals surface area contributed by atoms with E-state index in [1.807, 2.05) is 18.2 Å². The van der Waals surface area contributed by atoms with Gasteiger partial charge in [-0.1, -0.05) is 12.1 Å². The standard InChI is InChI=1S/C18H22N4O2S/c23-16(21-18(24)19-13-7-8-13)11-22-9-3-4-12(10-22)17-20-14-5-1-2-6-15(14)25-17/h1-2,5-6,12-13H,3-4,7-11H2,(H2,19,21,23,24)/t12-/m1/s1. The third-order valence-electron chi connectivity index (χ3n) is 4.70. The van der Waals surface area contributed by atoms with Gasteiger partial charge in [-0.15, -0.1) is 11.3 Å². The molecule has 25 heavy (non-hydrogen) atoms. The number of nitrogens with one attached hydrogen (secondary N) is 2. The number of aromatic nitrogens is 1. The minimum Gasteiger partial charge on any atom is -0.335 e. The number of imide groups is 1. The Morgan fingerprint density at radius 3 is 2.88 bits per heavy atom. The molecule has 1 saturated heterocycles. The van der Waals surface area contributed by atoms with E-state index in [1.54, 1.807) is 11.3 Å². The quantitative estimate of drug-likeness (QED) is 0.880. The monoisotopic (exact) mass is 358 g/mol. The van der Waals surface area contributed by atoms with Gasteiger partial charge in [0.2, 0.25) is 5.91 Å². The minimum absolute atomic E-state index is 0.233. The molecule has 6 nitrogen and oxygen atoms in total. The Labute approximate surface area is 150 Å². The fraction of sp³-hybridized carbons (Fsp3) is 0.500. The van der Waals surface area contributed by atoms with E-state index >= 15 is 0 Å². The van der Waals surface area contributed by atoms with E-state index in [-0.39, 0.29) is 24.5 Å². The molecular formula is C18H22N4O2S. The topological polar surface area (TPSA) is 74.3 Å². The highest BCUT2D eigenvalue weighted by Gasteiger charge is 2.27. The van der Waals surface area contributed by atoms with Gasteiger partial charge < -0.3 is 5.32 Å². The molecule has 1 atom stereocenters. The second kappa shape index (κ2) is 7.09. The normalized spacial score (nSPS) is 21.2. The summed E-state index contributed by atoms with van der Waals surface area (Å²) < 4.78 is 1.21. The van der Waals surface area contributed by atoms with Crippen LogP contribution in [-0.2, 0) is 4.79 Å². The van der Waals surface area contributed by atoms with Crippen LogP contribution in [0, 0.1) is 0 Å². The van der Waals surface area contributed by atoms with Crippen molar-refractivity contribution < 1.29 is 9.59 Å². The second-order valence-corrected chi connectivity index (χ2v) is 7.95. The highest BCUT2D eigenvalue weighted by atomic mass is 32.1. The Balaban J connectivity index is 1.33. The highest BCUT2D eigenvalue weighted by molar-refractivity contribution is 7.18. The average Bonchev–Trinajstić information content (AvgIpc) is 3.29. The second-order valence-electron chi connectivity index (χ2n) is 6.89. The van der Waals surface area contributed by atoms with Gasteiger partial charge in [0.05, 0.1) is 21.8 Å². The molecule has 2 N–H and O–H groups in total. The van der Waals surface area contributed by atoms with E-state index in [0.717, 1.165) is 49.3 Å². The first-order valence-electron chi connectivity index (χ1n) is 8.85. The number of carbonyl (C=O) groups is 2. The average molecular weight is 358 g/mol. The summed E-state index contributed by atoms with van der Waals surface area (Å²) in [6.45, 7) is 1.97.